The molecule has 20 heavy (non-hydrogen) atoms. The molecule has 111 valence electrons. The van der Waals surface area contributed by atoms with Crippen LogP contribution in [0, 0.1) is 11.6 Å². The number of hydrogen-bond donors (Lipinski definition) is 2. The first kappa shape index (κ1) is 15.2. The molecule has 1 aromatic carbocycles. The Hall–Kier alpha value is -1.18. The maximum Gasteiger partial charge on any atom is 0.207 e. The van der Waals surface area contributed by atoms with E-state index < -0.39 is 20.7 Å². The topological polar surface area (TPSA) is 44.7 Å². The molecule has 1 aliphatic heterocycles. The molecule has 1 saturated heterocycles. The summed E-state index contributed by atoms with van der Waals surface area (Å²) < 4.78 is 32.9. The molecule has 1 aromatic rings. The molecular formula is C13H19F2N2O2Si. The minimum absolute atomic E-state index is 0.0446. The first-order valence-corrected chi connectivity index (χ1v) is 8.82. The van der Waals surface area contributed by atoms with E-state index in [2.05, 4.69) is 5.32 Å². The van der Waals surface area contributed by atoms with Crippen molar-refractivity contribution in [3.63, 3.8) is 0 Å². The first-order valence-electron chi connectivity index (χ1n) is 6.67. The number of halogens is 2. The number of rotatable bonds is 5. The molecule has 2 rings (SSSR count). The molecule has 1 radical (unpaired) electrons. The molecule has 2 N–H and O–H groups in total. The highest BCUT2D eigenvalue weighted by atomic mass is 28.3. The van der Waals surface area contributed by atoms with Crippen LogP contribution in [0.5, 0.6) is 5.75 Å². The zero-order valence-electron chi connectivity index (χ0n) is 11.5. The standard InChI is InChI=1S/C13H19F2N2O2Si/c1-20(18)7-6-19-13-9-12(10(14)8-11(13)15)17-4-2-16-3-5-17/h8-9,16,18H,2-7H2,1H3. The predicted molar refractivity (Wildman–Crippen MR) is 75.6 cm³/mol. The van der Waals surface area contributed by atoms with E-state index in [-0.39, 0.29) is 12.4 Å². The second-order valence-electron chi connectivity index (χ2n) is 4.80. The largest absolute Gasteiger partial charge is 0.491 e. The van der Waals surface area contributed by atoms with Gasteiger partial charge in [-0.2, -0.15) is 0 Å². The van der Waals surface area contributed by atoms with E-state index in [1.165, 1.54) is 6.07 Å². The molecule has 0 spiro atoms. The fourth-order valence-electron chi connectivity index (χ4n) is 2.09. The molecule has 4 nitrogen and oxygen atoms in total. The summed E-state index contributed by atoms with van der Waals surface area (Å²) in [4.78, 5) is 11.1. The Morgan fingerprint density at radius 3 is 2.65 bits per heavy atom. The van der Waals surface area contributed by atoms with Gasteiger partial charge in [-0.05, 0) is 12.6 Å². The van der Waals surface area contributed by atoms with E-state index in [0.29, 0.717) is 24.8 Å². The lowest BCUT2D eigenvalue weighted by Gasteiger charge is -2.30. The second kappa shape index (κ2) is 7.01. The van der Waals surface area contributed by atoms with Crippen molar-refractivity contribution in [2.45, 2.75) is 12.6 Å². The molecule has 0 bridgehead atoms. The molecule has 1 heterocycles. The Kier molecular flexibility index (Phi) is 5.33. The van der Waals surface area contributed by atoms with E-state index in [9.17, 15) is 13.6 Å². The maximum absolute atomic E-state index is 13.9. The summed E-state index contributed by atoms with van der Waals surface area (Å²) in [5, 5.41) is 3.18. The Bertz CT molecular complexity index is 454. The van der Waals surface area contributed by atoms with Crippen LogP contribution in [-0.2, 0) is 0 Å². The quantitative estimate of drug-likeness (QED) is 0.806. The summed E-state index contributed by atoms with van der Waals surface area (Å²) in [6.45, 7) is 4.89. The number of piperazine rings is 1. The average Bonchev–Trinajstić information content (AvgIpc) is 2.42. The van der Waals surface area contributed by atoms with Crippen molar-refractivity contribution in [2.24, 2.45) is 0 Å². The van der Waals surface area contributed by atoms with Crippen molar-refractivity contribution in [2.75, 3.05) is 37.7 Å². The van der Waals surface area contributed by atoms with Crippen molar-refractivity contribution in [1.82, 2.24) is 5.32 Å². The van der Waals surface area contributed by atoms with Gasteiger partial charge in [0.1, 0.15) is 5.82 Å². The molecule has 1 aliphatic rings. The van der Waals surface area contributed by atoms with Gasteiger partial charge in [0.2, 0.25) is 9.04 Å². The van der Waals surface area contributed by atoms with Crippen LogP contribution in [0.2, 0.25) is 12.6 Å². The molecule has 1 fully saturated rings. The van der Waals surface area contributed by atoms with E-state index >= 15 is 0 Å². The number of nitrogens with zero attached hydrogens (tertiary/aromatic N) is 1. The second-order valence-corrected chi connectivity index (χ2v) is 6.78. The number of ether oxygens (including phenoxy) is 1. The molecule has 0 amide bonds. The van der Waals surface area contributed by atoms with Crippen LogP contribution in [0.4, 0.5) is 14.5 Å². The molecule has 0 atom stereocenters. The van der Waals surface area contributed by atoms with E-state index in [0.717, 1.165) is 19.2 Å². The lowest BCUT2D eigenvalue weighted by Crippen LogP contribution is -2.43. The lowest BCUT2D eigenvalue weighted by molar-refractivity contribution is 0.315. The third kappa shape index (κ3) is 3.91. The van der Waals surface area contributed by atoms with Gasteiger partial charge in [-0.3, -0.25) is 0 Å². The number of benzene rings is 1. The van der Waals surface area contributed by atoms with Crippen molar-refractivity contribution in [1.29, 1.82) is 0 Å². The Morgan fingerprint density at radius 1 is 1.30 bits per heavy atom. The zero-order chi connectivity index (χ0) is 14.5. The summed E-state index contributed by atoms with van der Waals surface area (Å²) in [5.41, 5.74) is 0.369. The third-order valence-corrected chi connectivity index (χ3v) is 4.11. The van der Waals surface area contributed by atoms with Gasteiger partial charge in [0, 0.05) is 38.3 Å². The van der Waals surface area contributed by atoms with Gasteiger partial charge < -0.3 is 19.7 Å². The lowest BCUT2D eigenvalue weighted by atomic mass is 10.2. The summed E-state index contributed by atoms with van der Waals surface area (Å²) in [7, 11) is -1.40. The fraction of sp³-hybridized carbons (Fsp3) is 0.538. The number of nitrogens with one attached hydrogen (secondary N) is 1. The van der Waals surface area contributed by atoms with Gasteiger partial charge in [-0.25, -0.2) is 8.78 Å². The summed E-state index contributed by atoms with van der Waals surface area (Å²) in [6.07, 6.45) is 0. The van der Waals surface area contributed by atoms with Crippen LogP contribution in [0.3, 0.4) is 0 Å². The summed E-state index contributed by atoms with van der Waals surface area (Å²) >= 11 is 0. The zero-order valence-corrected chi connectivity index (χ0v) is 12.5. The molecule has 0 aromatic heterocycles. The highest BCUT2D eigenvalue weighted by molar-refractivity contribution is 6.48. The maximum atomic E-state index is 13.9. The Balaban J connectivity index is 2.11. The Morgan fingerprint density at radius 2 is 2.00 bits per heavy atom. The van der Waals surface area contributed by atoms with Gasteiger partial charge in [0.25, 0.3) is 0 Å². The molecule has 7 heteroatoms. The minimum Gasteiger partial charge on any atom is -0.491 e. The normalized spacial score (nSPS) is 15.8. The van der Waals surface area contributed by atoms with E-state index in [1.807, 2.05) is 4.90 Å². The van der Waals surface area contributed by atoms with Crippen molar-refractivity contribution in [3.8, 4) is 5.75 Å². The van der Waals surface area contributed by atoms with Crippen LogP contribution in [-0.4, -0.2) is 46.6 Å². The summed E-state index contributed by atoms with van der Waals surface area (Å²) in [5.74, 6) is -1.23. The highest BCUT2D eigenvalue weighted by Crippen LogP contribution is 2.28. The van der Waals surface area contributed by atoms with Crippen molar-refractivity contribution >= 4 is 14.7 Å². The van der Waals surface area contributed by atoms with Gasteiger partial charge in [0.05, 0.1) is 12.3 Å². The van der Waals surface area contributed by atoms with Crippen LogP contribution >= 0.6 is 0 Å². The monoisotopic (exact) mass is 301 g/mol. The van der Waals surface area contributed by atoms with Gasteiger partial charge >= 0.3 is 0 Å². The predicted octanol–water partition coefficient (Wildman–Crippen LogP) is 1.37. The number of hydrogen-bond acceptors (Lipinski definition) is 4. The fourth-order valence-corrected chi connectivity index (χ4v) is 2.48. The smallest absolute Gasteiger partial charge is 0.207 e. The highest BCUT2D eigenvalue weighted by Gasteiger charge is 2.18. The SMILES string of the molecule is C[Si](O)CCOc1cc(N2CCNCC2)c(F)cc1F. The van der Waals surface area contributed by atoms with Crippen molar-refractivity contribution in [3.05, 3.63) is 23.8 Å². The van der Waals surface area contributed by atoms with E-state index in [4.69, 9.17) is 4.74 Å². The molecule has 0 unspecified atom stereocenters. The molecule has 0 aliphatic carbocycles. The van der Waals surface area contributed by atoms with Crippen LogP contribution in [0.1, 0.15) is 0 Å². The van der Waals surface area contributed by atoms with E-state index in [1.54, 1.807) is 6.55 Å². The van der Waals surface area contributed by atoms with Gasteiger partial charge in [0.15, 0.2) is 11.6 Å². The number of anilines is 1. The van der Waals surface area contributed by atoms with Crippen LogP contribution in [0.25, 0.3) is 0 Å². The third-order valence-electron chi connectivity index (χ3n) is 3.18. The summed E-state index contributed by atoms with van der Waals surface area (Å²) in [6, 6.07) is 2.78. The average molecular weight is 301 g/mol. The van der Waals surface area contributed by atoms with Gasteiger partial charge in [-0.15, -0.1) is 0 Å². The molecular weight excluding hydrogens is 282 g/mol. The minimum atomic E-state index is -1.40. The molecule has 0 saturated carbocycles. The van der Waals surface area contributed by atoms with Crippen molar-refractivity contribution < 1.29 is 18.3 Å². The first-order chi connectivity index (χ1) is 9.58. The van der Waals surface area contributed by atoms with Crippen LogP contribution < -0.4 is 15.0 Å². The van der Waals surface area contributed by atoms with Crippen LogP contribution in [0.15, 0.2) is 12.1 Å². The Labute approximate surface area is 119 Å². The van der Waals surface area contributed by atoms with Gasteiger partial charge in [-0.1, -0.05) is 0 Å².